The predicted octanol–water partition coefficient (Wildman–Crippen LogP) is 1.94. The van der Waals surface area contributed by atoms with Gasteiger partial charge in [0.1, 0.15) is 5.82 Å². The smallest absolute Gasteiger partial charge is 0.248 e. The second-order valence-electron chi connectivity index (χ2n) is 6.14. The Balaban J connectivity index is 1.55. The molecule has 2 aromatic rings. The second kappa shape index (κ2) is 8.07. The number of carbonyl (C=O) groups is 2. The van der Waals surface area contributed by atoms with Crippen molar-refractivity contribution in [2.24, 2.45) is 5.73 Å². The molecule has 6 nitrogen and oxygen atoms in total. The number of nitrogens with zero attached hydrogens (tertiary/aromatic N) is 1. The van der Waals surface area contributed by atoms with Gasteiger partial charge in [-0.3, -0.25) is 14.5 Å². The third-order valence-electron chi connectivity index (χ3n) is 4.21. The summed E-state index contributed by atoms with van der Waals surface area (Å²) in [4.78, 5) is 25.3. The zero-order valence-corrected chi connectivity index (χ0v) is 14.2. The van der Waals surface area contributed by atoms with Crippen LogP contribution < -0.4 is 11.1 Å². The van der Waals surface area contributed by atoms with E-state index in [9.17, 15) is 14.0 Å². The van der Waals surface area contributed by atoms with Crippen molar-refractivity contribution in [2.45, 2.75) is 6.10 Å². The number of anilines is 1. The van der Waals surface area contributed by atoms with Gasteiger partial charge in [-0.2, -0.15) is 0 Å². The molecule has 1 heterocycles. The number of halogens is 1. The van der Waals surface area contributed by atoms with Gasteiger partial charge in [-0.1, -0.05) is 12.1 Å². The molecule has 0 saturated carbocycles. The number of amides is 2. The van der Waals surface area contributed by atoms with Gasteiger partial charge in [0, 0.05) is 24.3 Å². The SMILES string of the molecule is NC(=O)c1ccc(NC(=O)CN2CCO[C@@H](c3ccc(F)cc3)C2)cc1. The Labute approximate surface area is 150 Å². The summed E-state index contributed by atoms with van der Waals surface area (Å²) in [6, 6.07) is 12.6. The van der Waals surface area contributed by atoms with E-state index in [0.29, 0.717) is 30.9 Å². The summed E-state index contributed by atoms with van der Waals surface area (Å²) in [7, 11) is 0. The van der Waals surface area contributed by atoms with Gasteiger partial charge in [-0.15, -0.1) is 0 Å². The van der Waals surface area contributed by atoms with Crippen LogP contribution in [0.3, 0.4) is 0 Å². The molecule has 0 aliphatic carbocycles. The monoisotopic (exact) mass is 357 g/mol. The molecular formula is C19H20FN3O3. The molecule has 26 heavy (non-hydrogen) atoms. The predicted molar refractivity (Wildman–Crippen MR) is 95.1 cm³/mol. The van der Waals surface area contributed by atoms with Crippen molar-refractivity contribution >= 4 is 17.5 Å². The number of rotatable bonds is 5. The largest absolute Gasteiger partial charge is 0.371 e. The molecule has 136 valence electrons. The van der Waals surface area contributed by atoms with Gasteiger partial charge in [0.15, 0.2) is 0 Å². The first kappa shape index (κ1) is 18.0. The van der Waals surface area contributed by atoms with Gasteiger partial charge in [0.05, 0.1) is 19.3 Å². The Morgan fingerprint density at radius 3 is 2.50 bits per heavy atom. The van der Waals surface area contributed by atoms with E-state index in [1.54, 1.807) is 36.4 Å². The van der Waals surface area contributed by atoms with E-state index in [4.69, 9.17) is 10.5 Å². The van der Waals surface area contributed by atoms with Crippen LogP contribution in [0, 0.1) is 5.82 Å². The molecule has 1 aliphatic rings. The molecule has 0 bridgehead atoms. The van der Waals surface area contributed by atoms with Gasteiger partial charge in [-0.25, -0.2) is 4.39 Å². The number of benzene rings is 2. The summed E-state index contributed by atoms with van der Waals surface area (Å²) in [6.07, 6.45) is -0.188. The molecule has 1 atom stereocenters. The number of primary amides is 1. The highest BCUT2D eigenvalue weighted by Crippen LogP contribution is 2.22. The molecular weight excluding hydrogens is 337 g/mol. The Kier molecular flexibility index (Phi) is 5.60. The zero-order chi connectivity index (χ0) is 18.5. The maximum Gasteiger partial charge on any atom is 0.248 e. The Morgan fingerprint density at radius 2 is 1.85 bits per heavy atom. The summed E-state index contributed by atoms with van der Waals surface area (Å²) in [5.74, 6) is -0.956. The van der Waals surface area contributed by atoms with Crippen molar-refractivity contribution in [3.8, 4) is 0 Å². The summed E-state index contributed by atoms with van der Waals surface area (Å²) in [6.45, 7) is 1.92. The van der Waals surface area contributed by atoms with Crippen LogP contribution in [0.15, 0.2) is 48.5 Å². The van der Waals surface area contributed by atoms with Crippen LogP contribution in [0.2, 0.25) is 0 Å². The molecule has 3 N–H and O–H groups in total. The minimum Gasteiger partial charge on any atom is -0.371 e. The number of ether oxygens (including phenoxy) is 1. The lowest BCUT2D eigenvalue weighted by Gasteiger charge is -2.32. The van der Waals surface area contributed by atoms with Crippen LogP contribution >= 0.6 is 0 Å². The quantitative estimate of drug-likeness (QED) is 0.856. The van der Waals surface area contributed by atoms with E-state index < -0.39 is 5.91 Å². The van der Waals surface area contributed by atoms with Crippen molar-refractivity contribution in [3.63, 3.8) is 0 Å². The topological polar surface area (TPSA) is 84.7 Å². The first-order valence-corrected chi connectivity index (χ1v) is 8.30. The lowest BCUT2D eigenvalue weighted by atomic mass is 10.1. The van der Waals surface area contributed by atoms with Crippen LogP contribution in [-0.4, -0.2) is 43.0 Å². The molecule has 3 rings (SSSR count). The molecule has 2 aromatic carbocycles. The van der Waals surface area contributed by atoms with Crippen molar-refractivity contribution in [2.75, 3.05) is 31.6 Å². The van der Waals surface area contributed by atoms with E-state index in [1.807, 2.05) is 4.90 Å². The highest BCUT2D eigenvalue weighted by atomic mass is 19.1. The fourth-order valence-electron chi connectivity index (χ4n) is 2.85. The van der Waals surface area contributed by atoms with E-state index >= 15 is 0 Å². The van der Waals surface area contributed by atoms with Gasteiger partial charge in [-0.05, 0) is 42.0 Å². The first-order valence-electron chi connectivity index (χ1n) is 8.30. The van der Waals surface area contributed by atoms with Gasteiger partial charge < -0.3 is 15.8 Å². The van der Waals surface area contributed by atoms with Gasteiger partial charge in [0.25, 0.3) is 0 Å². The standard InChI is InChI=1S/C19H20FN3O3/c20-15-5-1-13(2-6-15)17-11-23(9-10-26-17)12-18(24)22-16-7-3-14(4-8-16)19(21)25/h1-8,17H,9-12H2,(H2,21,25)(H,22,24)/t17-/m1/s1. The average Bonchev–Trinajstić information content (AvgIpc) is 2.63. The summed E-state index contributed by atoms with van der Waals surface area (Å²) >= 11 is 0. The lowest BCUT2D eigenvalue weighted by Crippen LogP contribution is -2.42. The number of nitrogens with two attached hydrogens (primary N) is 1. The van der Waals surface area contributed by atoms with E-state index in [0.717, 1.165) is 5.56 Å². The van der Waals surface area contributed by atoms with Crippen molar-refractivity contribution < 1.29 is 18.7 Å². The van der Waals surface area contributed by atoms with Crippen LogP contribution in [0.25, 0.3) is 0 Å². The van der Waals surface area contributed by atoms with Crippen molar-refractivity contribution in [1.82, 2.24) is 4.90 Å². The molecule has 0 unspecified atom stereocenters. The summed E-state index contributed by atoms with van der Waals surface area (Å²) < 4.78 is 18.8. The van der Waals surface area contributed by atoms with Crippen LogP contribution in [-0.2, 0) is 9.53 Å². The normalized spacial score (nSPS) is 17.7. The average molecular weight is 357 g/mol. The maximum absolute atomic E-state index is 13.0. The summed E-state index contributed by atoms with van der Waals surface area (Å²) in [5, 5.41) is 2.79. The molecule has 0 spiro atoms. The fourth-order valence-corrected chi connectivity index (χ4v) is 2.85. The number of morpholine rings is 1. The third-order valence-corrected chi connectivity index (χ3v) is 4.21. The number of hydrogen-bond acceptors (Lipinski definition) is 4. The highest BCUT2D eigenvalue weighted by Gasteiger charge is 2.23. The maximum atomic E-state index is 13.0. The highest BCUT2D eigenvalue weighted by molar-refractivity contribution is 5.95. The van der Waals surface area contributed by atoms with Crippen LogP contribution in [0.5, 0.6) is 0 Å². The van der Waals surface area contributed by atoms with Gasteiger partial charge in [0.2, 0.25) is 11.8 Å². The van der Waals surface area contributed by atoms with Crippen LogP contribution in [0.1, 0.15) is 22.0 Å². The minimum atomic E-state index is -0.511. The van der Waals surface area contributed by atoms with E-state index in [-0.39, 0.29) is 24.4 Å². The lowest BCUT2D eigenvalue weighted by molar-refractivity contribution is -0.119. The zero-order valence-electron chi connectivity index (χ0n) is 14.2. The Bertz CT molecular complexity index is 778. The second-order valence-corrected chi connectivity index (χ2v) is 6.14. The van der Waals surface area contributed by atoms with E-state index in [2.05, 4.69) is 5.32 Å². The van der Waals surface area contributed by atoms with Crippen LogP contribution in [0.4, 0.5) is 10.1 Å². The molecule has 0 aromatic heterocycles. The number of carbonyl (C=O) groups excluding carboxylic acids is 2. The molecule has 1 aliphatic heterocycles. The van der Waals surface area contributed by atoms with E-state index in [1.165, 1.54) is 12.1 Å². The first-order chi connectivity index (χ1) is 12.5. The molecule has 1 fully saturated rings. The third kappa shape index (κ3) is 4.65. The number of hydrogen-bond donors (Lipinski definition) is 2. The Hall–Kier alpha value is -2.77. The molecule has 2 amide bonds. The molecule has 0 radical (unpaired) electrons. The fraction of sp³-hybridized carbons (Fsp3) is 0.263. The van der Waals surface area contributed by atoms with Crippen molar-refractivity contribution in [1.29, 1.82) is 0 Å². The minimum absolute atomic E-state index is 0.156. The molecule has 7 heteroatoms. The number of nitrogens with one attached hydrogen (secondary N) is 1. The Morgan fingerprint density at radius 1 is 1.15 bits per heavy atom. The van der Waals surface area contributed by atoms with Crippen molar-refractivity contribution in [3.05, 3.63) is 65.5 Å². The van der Waals surface area contributed by atoms with Gasteiger partial charge >= 0.3 is 0 Å². The summed E-state index contributed by atoms with van der Waals surface area (Å²) in [5.41, 5.74) is 7.07. The molecule has 1 saturated heterocycles.